The van der Waals surface area contributed by atoms with Gasteiger partial charge in [0.1, 0.15) is 17.7 Å². The van der Waals surface area contributed by atoms with Gasteiger partial charge in [-0.3, -0.25) is 0 Å². The molecule has 0 aliphatic rings. The number of benzene rings is 1. The Bertz CT molecular complexity index is 327. The molecule has 0 aromatic heterocycles. The van der Waals surface area contributed by atoms with E-state index in [-0.39, 0.29) is 5.56 Å². The molecule has 0 bridgehead atoms. The van der Waals surface area contributed by atoms with Crippen LogP contribution in [-0.2, 0) is 6.42 Å². The number of rotatable bonds is 2. The highest BCUT2D eigenvalue weighted by Crippen LogP contribution is 2.22. The zero-order chi connectivity index (χ0) is 11.6. The second-order valence-electron chi connectivity index (χ2n) is 3.13. The summed E-state index contributed by atoms with van der Waals surface area (Å²) in [6.07, 6.45) is -5.21. The van der Waals surface area contributed by atoms with Crippen LogP contribution in [0.5, 0.6) is 0 Å². The van der Waals surface area contributed by atoms with Gasteiger partial charge >= 0.3 is 6.18 Å². The number of nitrogens with two attached hydrogens (primary N) is 1. The SMILES string of the molecule is NC(Cc1cc(F)cc(F)c1)C(F)(F)F. The van der Waals surface area contributed by atoms with Crippen molar-refractivity contribution in [3.05, 3.63) is 35.4 Å². The van der Waals surface area contributed by atoms with Gasteiger partial charge in [-0.05, 0) is 24.1 Å². The van der Waals surface area contributed by atoms with Gasteiger partial charge in [0.25, 0.3) is 0 Å². The van der Waals surface area contributed by atoms with Gasteiger partial charge < -0.3 is 5.73 Å². The Morgan fingerprint density at radius 2 is 1.53 bits per heavy atom. The molecule has 6 heteroatoms. The van der Waals surface area contributed by atoms with Gasteiger partial charge in [-0.2, -0.15) is 13.2 Å². The molecule has 0 saturated heterocycles. The predicted octanol–water partition coefficient (Wildman–Crippen LogP) is 2.40. The smallest absolute Gasteiger partial charge is 0.320 e. The molecule has 84 valence electrons. The molecule has 1 atom stereocenters. The van der Waals surface area contributed by atoms with Crippen LogP contribution in [0.4, 0.5) is 22.0 Å². The molecule has 0 saturated carbocycles. The lowest BCUT2D eigenvalue weighted by Gasteiger charge is -2.15. The number of hydrogen-bond acceptors (Lipinski definition) is 1. The first-order chi connectivity index (χ1) is 6.79. The third-order valence-corrected chi connectivity index (χ3v) is 1.80. The molecule has 0 aliphatic carbocycles. The Morgan fingerprint density at radius 1 is 1.07 bits per heavy atom. The molecule has 0 aliphatic heterocycles. The summed E-state index contributed by atoms with van der Waals surface area (Å²) in [6.45, 7) is 0. The van der Waals surface area contributed by atoms with Gasteiger partial charge in [0.2, 0.25) is 0 Å². The molecule has 1 rings (SSSR count). The molecule has 1 unspecified atom stereocenters. The molecule has 15 heavy (non-hydrogen) atoms. The van der Waals surface area contributed by atoms with Crippen molar-refractivity contribution in [1.82, 2.24) is 0 Å². The molecule has 1 aromatic carbocycles. The van der Waals surface area contributed by atoms with Crippen LogP contribution < -0.4 is 5.73 Å². The average Bonchev–Trinajstić information content (AvgIpc) is 1.99. The fourth-order valence-corrected chi connectivity index (χ4v) is 1.10. The summed E-state index contributed by atoms with van der Waals surface area (Å²) < 4.78 is 61.3. The lowest BCUT2D eigenvalue weighted by atomic mass is 10.1. The summed E-state index contributed by atoms with van der Waals surface area (Å²) in [5, 5.41) is 0. The monoisotopic (exact) mass is 225 g/mol. The Kier molecular flexibility index (Phi) is 3.28. The highest BCUT2D eigenvalue weighted by Gasteiger charge is 2.36. The van der Waals surface area contributed by atoms with Crippen LogP contribution >= 0.6 is 0 Å². The second-order valence-corrected chi connectivity index (χ2v) is 3.13. The average molecular weight is 225 g/mol. The zero-order valence-corrected chi connectivity index (χ0v) is 7.48. The summed E-state index contributed by atoms with van der Waals surface area (Å²) in [5.74, 6) is -1.83. The zero-order valence-electron chi connectivity index (χ0n) is 7.48. The molecule has 1 nitrogen and oxygen atoms in total. The Balaban J connectivity index is 2.81. The van der Waals surface area contributed by atoms with Crippen LogP contribution in [0.2, 0.25) is 0 Å². The van der Waals surface area contributed by atoms with E-state index in [2.05, 4.69) is 0 Å². The highest BCUT2D eigenvalue weighted by molar-refractivity contribution is 5.19. The van der Waals surface area contributed by atoms with Gasteiger partial charge in [-0.25, -0.2) is 8.78 Å². The lowest BCUT2D eigenvalue weighted by Crippen LogP contribution is -2.39. The van der Waals surface area contributed by atoms with Gasteiger partial charge in [0.15, 0.2) is 0 Å². The van der Waals surface area contributed by atoms with E-state index >= 15 is 0 Å². The number of hydrogen-bond donors (Lipinski definition) is 1. The predicted molar refractivity (Wildman–Crippen MR) is 44.1 cm³/mol. The standard InChI is InChI=1S/C9H8F5N/c10-6-1-5(2-7(11)4-6)3-8(15)9(12,13)14/h1-2,4,8H,3,15H2. The van der Waals surface area contributed by atoms with Crippen LogP contribution in [0.1, 0.15) is 5.56 Å². The first-order valence-corrected chi connectivity index (χ1v) is 4.06. The van der Waals surface area contributed by atoms with Crippen molar-refractivity contribution in [2.75, 3.05) is 0 Å². The second kappa shape index (κ2) is 4.14. The van der Waals surface area contributed by atoms with E-state index in [4.69, 9.17) is 5.73 Å². The number of alkyl halides is 3. The molecule has 0 amide bonds. The van der Waals surface area contributed by atoms with Crippen molar-refractivity contribution >= 4 is 0 Å². The molecule has 0 spiro atoms. The summed E-state index contributed by atoms with van der Waals surface area (Å²) >= 11 is 0. The highest BCUT2D eigenvalue weighted by atomic mass is 19.4. The first kappa shape index (κ1) is 11.9. The largest absolute Gasteiger partial charge is 0.403 e. The fraction of sp³-hybridized carbons (Fsp3) is 0.333. The minimum Gasteiger partial charge on any atom is -0.320 e. The molecular formula is C9H8F5N. The lowest BCUT2D eigenvalue weighted by molar-refractivity contribution is -0.147. The normalized spacial score (nSPS) is 14.0. The third kappa shape index (κ3) is 3.47. The minimum absolute atomic E-state index is 0.114. The van der Waals surface area contributed by atoms with Crippen LogP contribution in [-0.4, -0.2) is 12.2 Å². The van der Waals surface area contributed by atoms with Crippen LogP contribution in [0.25, 0.3) is 0 Å². The van der Waals surface area contributed by atoms with Crippen molar-refractivity contribution in [1.29, 1.82) is 0 Å². The summed E-state index contributed by atoms with van der Waals surface area (Å²) in [4.78, 5) is 0. The quantitative estimate of drug-likeness (QED) is 0.768. The van der Waals surface area contributed by atoms with E-state index in [1.165, 1.54) is 0 Å². The van der Waals surface area contributed by atoms with Gasteiger partial charge in [0.05, 0.1) is 0 Å². The van der Waals surface area contributed by atoms with Crippen molar-refractivity contribution in [2.45, 2.75) is 18.6 Å². The molecule has 0 radical (unpaired) electrons. The molecule has 2 N–H and O–H groups in total. The van der Waals surface area contributed by atoms with Crippen molar-refractivity contribution in [3.8, 4) is 0 Å². The van der Waals surface area contributed by atoms with Gasteiger partial charge in [0, 0.05) is 6.07 Å². The van der Waals surface area contributed by atoms with E-state index in [1.807, 2.05) is 0 Å². The fourth-order valence-electron chi connectivity index (χ4n) is 1.10. The van der Waals surface area contributed by atoms with Crippen LogP contribution in [0.3, 0.4) is 0 Å². The summed E-state index contributed by atoms with van der Waals surface area (Å²) in [7, 11) is 0. The van der Waals surface area contributed by atoms with Crippen LogP contribution in [0.15, 0.2) is 18.2 Å². The minimum atomic E-state index is -4.57. The van der Waals surface area contributed by atoms with Gasteiger partial charge in [-0.15, -0.1) is 0 Å². The molecular weight excluding hydrogens is 217 g/mol. The van der Waals surface area contributed by atoms with E-state index in [1.54, 1.807) is 0 Å². The third-order valence-electron chi connectivity index (χ3n) is 1.80. The van der Waals surface area contributed by atoms with E-state index in [0.29, 0.717) is 6.07 Å². The molecule has 0 heterocycles. The maximum atomic E-state index is 12.6. The Hall–Kier alpha value is -1.17. The Morgan fingerprint density at radius 3 is 1.93 bits per heavy atom. The van der Waals surface area contributed by atoms with E-state index in [0.717, 1.165) is 12.1 Å². The van der Waals surface area contributed by atoms with E-state index < -0.39 is 30.3 Å². The number of halogens is 5. The molecule has 1 aromatic rings. The summed E-state index contributed by atoms with van der Waals surface area (Å²) in [5.41, 5.74) is 4.70. The van der Waals surface area contributed by atoms with Crippen LogP contribution in [0, 0.1) is 11.6 Å². The summed E-state index contributed by atoms with van der Waals surface area (Å²) in [6, 6.07) is 0.130. The van der Waals surface area contributed by atoms with Gasteiger partial charge in [-0.1, -0.05) is 0 Å². The Labute approximate surface area is 82.7 Å². The topological polar surface area (TPSA) is 26.0 Å². The van der Waals surface area contributed by atoms with Crippen molar-refractivity contribution < 1.29 is 22.0 Å². The molecule has 0 fully saturated rings. The first-order valence-electron chi connectivity index (χ1n) is 4.06. The maximum absolute atomic E-state index is 12.6. The van der Waals surface area contributed by atoms with Crippen molar-refractivity contribution in [3.63, 3.8) is 0 Å². The van der Waals surface area contributed by atoms with Crippen molar-refractivity contribution in [2.24, 2.45) is 5.73 Å². The maximum Gasteiger partial charge on any atom is 0.403 e. The van der Waals surface area contributed by atoms with E-state index in [9.17, 15) is 22.0 Å².